The first-order valence-electron chi connectivity index (χ1n) is 9.87. The van der Waals surface area contributed by atoms with E-state index < -0.39 is 0 Å². The molecule has 0 aliphatic rings. The molecule has 2 heterocycles. The summed E-state index contributed by atoms with van der Waals surface area (Å²) < 4.78 is 2.39. The number of aromatic nitrogens is 2. The Balaban J connectivity index is 1.57. The Bertz CT molecular complexity index is 1090. The van der Waals surface area contributed by atoms with E-state index in [1.54, 1.807) is 0 Å². The first-order chi connectivity index (χ1) is 12.9. The van der Waals surface area contributed by atoms with Gasteiger partial charge in [-0.25, -0.2) is 0 Å². The van der Waals surface area contributed by atoms with Gasteiger partial charge >= 0.3 is 0 Å². The van der Waals surface area contributed by atoms with Crippen LogP contribution in [0.1, 0.15) is 51.2 Å². The maximum Gasteiger partial charge on any atom is 0.0480 e. The lowest BCUT2D eigenvalue weighted by atomic mass is 9.81. The molecule has 0 spiro atoms. The van der Waals surface area contributed by atoms with Gasteiger partial charge in [0, 0.05) is 36.0 Å². The summed E-state index contributed by atoms with van der Waals surface area (Å²) in [6.07, 6.45) is 7.14. The highest BCUT2D eigenvalue weighted by molar-refractivity contribution is 5.82. The lowest BCUT2D eigenvalue weighted by Gasteiger charge is -2.26. The van der Waals surface area contributed by atoms with Crippen LogP contribution in [-0.2, 0) is 12.0 Å². The quantitative estimate of drug-likeness (QED) is 0.390. The Hall–Kier alpha value is -2.61. The van der Waals surface area contributed by atoms with Crippen molar-refractivity contribution in [2.24, 2.45) is 0 Å². The molecule has 0 aliphatic carbocycles. The molecule has 0 atom stereocenters. The van der Waals surface area contributed by atoms with E-state index in [0.717, 1.165) is 13.0 Å². The summed E-state index contributed by atoms with van der Waals surface area (Å²) in [6, 6.07) is 18.0. The summed E-state index contributed by atoms with van der Waals surface area (Å²) in [7, 11) is 0. The number of aryl methyl sites for hydroxylation is 1. The fourth-order valence-corrected chi connectivity index (χ4v) is 3.82. The van der Waals surface area contributed by atoms with Crippen LogP contribution in [0.15, 0.2) is 67.1 Å². The standard InChI is InChI=1S/C25H28N2/c1-18(2)20-6-8-24-21(15-20)10-13-27(24)14-11-25(3,4)23-7-5-19-9-12-26-17-22(19)16-23/h5-10,12-13,15-18H,11,14H2,1-4H3. The van der Waals surface area contributed by atoms with Crippen LogP contribution in [0.2, 0.25) is 0 Å². The molecule has 27 heavy (non-hydrogen) atoms. The summed E-state index contributed by atoms with van der Waals surface area (Å²) in [5.41, 5.74) is 4.23. The molecule has 0 bridgehead atoms. The Morgan fingerprint density at radius 2 is 1.78 bits per heavy atom. The number of fused-ring (bicyclic) bond motifs is 2. The van der Waals surface area contributed by atoms with E-state index in [9.17, 15) is 0 Å². The van der Waals surface area contributed by atoms with Crippen LogP contribution in [0.5, 0.6) is 0 Å². The van der Waals surface area contributed by atoms with Crippen molar-refractivity contribution < 1.29 is 0 Å². The third kappa shape index (κ3) is 3.49. The van der Waals surface area contributed by atoms with Crippen molar-refractivity contribution in [2.45, 2.75) is 52.0 Å². The third-order valence-electron chi connectivity index (χ3n) is 5.86. The molecule has 4 rings (SSSR count). The average molecular weight is 357 g/mol. The summed E-state index contributed by atoms with van der Waals surface area (Å²) >= 11 is 0. The van der Waals surface area contributed by atoms with Gasteiger partial charge in [0.05, 0.1) is 0 Å². The van der Waals surface area contributed by atoms with Crippen molar-refractivity contribution >= 4 is 21.7 Å². The van der Waals surface area contributed by atoms with Gasteiger partial charge < -0.3 is 4.57 Å². The van der Waals surface area contributed by atoms with Crippen LogP contribution < -0.4 is 0 Å². The molecule has 138 valence electrons. The van der Waals surface area contributed by atoms with Crippen molar-refractivity contribution in [2.75, 3.05) is 0 Å². The predicted octanol–water partition coefficient (Wildman–Crippen LogP) is 6.68. The van der Waals surface area contributed by atoms with Crippen molar-refractivity contribution in [3.63, 3.8) is 0 Å². The fourth-order valence-electron chi connectivity index (χ4n) is 3.82. The van der Waals surface area contributed by atoms with Gasteiger partial charge in [0.25, 0.3) is 0 Å². The minimum absolute atomic E-state index is 0.110. The van der Waals surface area contributed by atoms with Crippen molar-refractivity contribution in [1.82, 2.24) is 9.55 Å². The van der Waals surface area contributed by atoms with E-state index in [1.165, 1.54) is 32.8 Å². The van der Waals surface area contributed by atoms with Crippen molar-refractivity contribution in [3.05, 3.63) is 78.2 Å². The van der Waals surface area contributed by atoms with Crippen molar-refractivity contribution in [3.8, 4) is 0 Å². The molecule has 2 aromatic heterocycles. The van der Waals surface area contributed by atoms with E-state index in [1.807, 2.05) is 12.4 Å². The van der Waals surface area contributed by atoms with E-state index in [2.05, 4.69) is 92.0 Å². The SMILES string of the molecule is CC(C)c1ccc2c(ccn2CCC(C)(C)c2ccc3ccncc3c2)c1. The average Bonchev–Trinajstić information content (AvgIpc) is 3.08. The van der Waals surface area contributed by atoms with Crippen molar-refractivity contribution in [1.29, 1.82) is 0 Å². The van der Waals surface area contributed by atoms with Gasteiger partial charge in [-0.15, -0.1) is 0 Å². The number of pyridine rings is 1. The first kappa shape index (κ1) is 17.8. The smallest absolute Gasteiger partial charge is 0.0480 e. The molecular weight excluding hydrogens is 328 g/mol. The minimum Gasteiger partial charge on any atom is -0.347 e. The fraction of sp³-hybridized carbons (Fsp3) is 0.320. The molecule has 0 aliphatic heterocycles. The Labute approximate surface area is 161 Å². The number of rotatable bonds is 5. The lowest BCUT2D eigenvalue weighted by Crippen LogP contribution is -2.19. The Morgan fingerprint density at radius 1 is 0.926 bits per heavy atom. The van der Waals surface area contributed by atoms with Crippen LogP contribution >= 0.6 is 0 Å². The van der Waals surface area contributed by atoms with Crippen LogP contribution in [0.25, 0.3) is 21.7 Å². The predicted molar refractivity (Wildman–Crippen MR) is 115 cm³/mol. The molecule has 0 saturated heterocycles. The molecule has 0 fully saturated rings. The van der Waals surface area contributed by atoms with Gasteiger partial charge in [0.1, 0.15) is 0 Å². The second-order valence-electron chi connectivity index (χ2n) is 8.55. The van der Waals surface area contributed by atoms with Crippen LogP contribution in [-0.4, -0.2) is 9.55 Å². The molecule has 0 saturated carbocycles. The van der Waals surface area contributed by atoms with Gasteiger partial charge in [-0.1, -0.05) is 45.9 Å². The topological polar surface area (TPSA) is 17.8 Å². The van der Waals surface area contributed by atoms with E-state index in [4.69, 9.17) is 0 Å². The Morgan fingerprint density at radius 3 is 2.59 bits per heavy atom. The van der Waals surface area contributed by atoms with Gasteiger partial charge in [0.2, 0.25) is 0 Å². The van der Waals surface area contributed by atoms with Crippen LogP contribution in [0, 0.1) is 0 Å². The Kier molecular flexibility index (Phi) is 4.51. The maximum absolute atomic E-state index is 4.27. The summed E-state index contributed by atoms with van der Waals surface area (Å²) in [4.78, 5) is 4.27. The van der Waals surface area contributed by atoms with Gasteiger partial charge in [-0.05, 0) is 70.0 Å². The minimum atomic E-state index is 0.110. The van der Waals surface area contributed by atoms with Gasteiger partial charge in [0.15, 0.2) is 0 Å². The van der Waals surface area contributed by atoms with E-state index >= 15 is 0 Å². The highest BCUT2D eigenvalue weighted by atomic mass is 14.9. The second kappa shape index (κ2) is 6.84. The number of benzene rings is 2. The van der Waals surface area contributed by atoms with E-state index in [0.29, 0.717) is 5.92 Å². The highest BCUT2D eigenvalue weighted by Gasteiger charge is 2.21. The zero-order chi connectivity index (χ0) is 19.0. The molecule has 4 aromatic rings. The molecule has 0 N–H and O–H groups in total. The lowest BCUT2D eigenvalue weighted by molar-refractivity contribution is 0.442. The molecule has 0 radical (unpaired) electrons. The molecule has 0 unspecified atom stereocenters. The van der Waals surface area contributed by atoms with Crippen LogP contribution in [0.4, 0.5) is 0 Å². The van der Waals surface area contributed by atoms with Crippen LogP contribution in [0.3, 0.4) is 0 Å². The molecular formula is C25H28N2. The monoisotopic (exact) mass is 356 g/mol. The summed E-state index contributed by atoms with van der Waals surface area (Å²) in [6.45, 7) is 10.2. The number of hydrogen-bond donors (Lipinski definition) is 0. The highest BCUT2D eigenvalue weighted by Crippen LogP contribution is 2.31. The molecule has 2 aromatic carbocycles. The molecule has 2 nitrogen and oxygen atoms in total. The van der Waals surface area contributed by atoms with Gasteiger partial charge in [-0.3, -0.25) is 4.98 Å². The number of hydrogen-bond acceptors (Lipinski definition) is 1. The molecule has 2 heteroatoms. The zero-order valence-corrected chi connectivity index (χ0v) is 16.7. The molecule has 0 amide bonds. The van der Waals surface area contributed by atoms with E-state index in [-0.39, 0.29) is 5.41 Å². The summed E-state index contributed by atoms with van der Waals surface area (Å²) in [5, 5.41) is 3.81. The largest absolute Gasteiger partial charge is 0.347 e. The zero-order valence-electron chi connectivity index (χ0n) is 16.7. The second-order valence-corrected chi connectivity index (χ2v) is 8.55. The van der Waals surface area contributed by atoms with Gasteiger partial charge in [-0.2, -0.15) is 0 Å². The summed E-state index contributed by atoms with van der Waals surface area (Å²) in [5.74, 6) is 0.569. The number of nitrogens with zero attached hydrogens (tertiary/aromatic N) is 2. The third-order valence-corrected chi connectivity index (χ3v) is 5.86. The maximum atomic E-state index is 4.27. The normalized spacial score (nSPS) is 12.3. The first-order valence-corrected chi connectivity index (χ1v) is 9.87.